The maximum absolute atomic E-state index is 16.9. The summed E-state index contributed by atoms with van der Waals surface area (Å²) >= 11 is 0. The molecule has 3 aromatic carbocycles. The highest BCUT2D eigenvalue weighted by Gasteiger charge is 2.38. The van der Waals surface area contributed by atoms with Gasteiger partial charge < -0.3 is 24.8 Å². The first-order chi connectivity index (χ1) is 22.9. The smallest absolute Gasteiger partial charge is 0.319 e. The van der Waals surface area contributed by atoms with Crippen LogP contribution >= 0.6 is 0 Å². The zero-order chi connectivity index (χ0) is 32.2. The number of aromatic hydroxyl groups is 1. The molecular formula is C37H43F2N5O3. The molecule has 8 nitrogen and oxygen atoms in total. The number of halogens is 2. The summed E-state index contributed by atoms with van der Waals surface area (Å²) in [6.07, 6.45) is 8.78. The summed E-state index contributed by atoms with van der Waals surface area (Å²) in [7, 11) is 1.70. The Labute approximate surface area is 274 Å². The third-order valence-corrected chi connectivity index (χ3v) is 11.0. The van der Waals surface area contributed by atoms with Gasteiger partial charge in [-0.15, -0.1) is 0 Å². The molecule has 0 spiro atoms. The van der Waals surface area contributed by atoms with Crippen LogP contribution in [0.5, 0.6) is 11.8 Å². The lowest BCUT2D eigenvalue weighted by atomic mass is 9.92. The molecule has 4 aromatic rings. The average molecular weight is 644 g/mol. The number of aromatic nitrogens is 2. The molecule has 47 heavy (non-hydrogen) atoms. The predicted octanol–water partition coefficient (Wildman–Crippen LogP) is 6.35. The number of piperidine rings is 1. The van der Waals surface area contributed by atoms with Crippen LogP contribution in [-0.4, -0.2) is 83.6 Å². The van der Waals surface area contributed by atoms with Crippen molar-refractivity contribution in [3.05, 3.63) is 53.6 Å². The Morgan fingerprint density at radius 3 is 2.49 bits per heavy atom. The Balaban J connectivity index is 1.21. The van der Waals surface area contributed by atoms with Crippen LogP contribution in [0, 0.1) is 11.6 Å². The van der Waals surface area contributed by atoms with Gasteiger partial charge in [0, 0.05) is 56.3 Å². The van der Waals surface area contributed by atoms with Gasteiger partial charge in [-0.2, -0.15) is 9.97 Å². The van der Waals surface area contributed by atoms with Crippen LogP contribution < -0.4 is 15.0 Å². The van der Waals surface area contributed by atoms with Gasteiger partial charge in [0.15, 0.2) is 5.82 Å². The van der Waals surface area contributed by atoms with Crippen molar-refractivity contribution in [2.24, 2.45) is 0 Å². The minimum absolute atomic E-state index is 0.000735. The van der Waals surface area contributed by atoms with Crippen LogP contribution in [0.25, 0.3) is 32.8 Å². The molecule has 0 amide bonds. The van der Waals surface area contributed by atoms with Gasteiger partial charge in [0.25, 0.3) is 0 Å². The largest absolute Gasteiger partial charge is 0.508 e. The van der Waals surface area contributed by atoms with Crippen LogP contribution in [0.15, 0.2) is 36.4 Å². The number of phenolic OH excluding ortho intramolecular Hbond substituents is 1. The number of nitrogens with one attached hydrogen (secondary N) is 1. The van der Waals surface area contributed by atoms with Crippen molar-refractivity contribution in [1.29, 1.82) is 0 Å². The summed E-state index contributed by atoms with van der Waals surface area (Å²) in [4.78, 5) is 14.1. The number of nitrogens with zero attached hydrogens (tertiary/aromatic N) is 4. The topological polar surface area (TPSA) is 83.0 Å². The third-order valence-electron chi connectivity index (χ3n) is 11.0. The van der Waals surface area contributed by atoms with Gasteiger partial charge in [-0.3, -0.25) is 4.90 Å². The van der Waals surface area contributed by atoms with Crippen molar-refractivity contribution in [3.8, 4) is 22.9 Å². The molecule has 4 aliphatic heterocycles. The Bertz CT molecular complexity index is 1790. The minimum atomic E-state index is -0.794. The molecule has 0 aliphatic carbocycles. The number of aryl methyl sites for hydroxylation is 1. The molecule has 4 bridgehead atoms. The quantitative estimate of drug-likeness (QED) is 0.219. The molecule has 0 radical (unpaired) electrons. The van der Waals surface area contributed by atoms with Crippen LogP contribution in [0.4, 0.5) is 14.6 Å². The highest BCUT2D eigenvalue weighted by atomic mass is 19.1. The van der Waals surface area contributed by atoms with E-state index in [9.17, 15) is 5.11 Å². The van der Waals surface area contributed by atoms with Crippen molar-refractivity contribution in [1.82, 2.24) is 20.2 Å². The summed E-state index contributed by atoms with van der Waals surface area (Å²) < 4.78 is 45.4. The van der Waals surface area contributed by atoms with Gasteiger partial charge >= 0.3 is 6.01 Å². The summed E-state index contributed by atoms with van der Waals surface area (Å²) in [5, 5.41) is 16.0. The molecule has 1 aromatic heterocycles. The fourth-order valence-electron chi connectivity index (χ4n) is 8.78. The predicted molar refractivity (Wildman–Crippen MR) is 179 cm³/mol. The van der Waals surface area contributed by atoms with Crippen molar-refractivity contribution in [2.45, 2.75) is 88.6 Å². The number of rotatable bonds is 9. The summed E-state index contributed by atoms with van der Waals surface area (Å²) in [6.45, 7) is 4.36. The number of hydrogen-bond acceptors (Lipinski definition) is 8. The van der Waals surface area contributed by atoms with E-state index >= 15 is 8.78 Å². The second-order valence-electron chi connectivity index (χ2n) is 13.9. The third kappa shape index (κ3) is 5.58. The number of ether oxygens (including phenoxy) is 2. The van der Waals surface area contributed by atoms with Gasteiger partial charge in [0.2, 0.25) is 0 Å². The van der Waals surface area contributed by atoms with Crippen LogP contribution in [0.2, 0.25) is 0 Å². The second kappa shape index (κ2) is 12.5. The van der Waals surface area contributed by atoms with E-state index in [2.05, 4.69) is 20.1 Å². The monoisotopic (exact) mass is 643 g/mol. The van der Waals surface area contributed by atoms with E-state index in [0.29, 0.717) is 65.8 Å². The van der Waals surface area contributed by atoms with Gasteiger partial charge in [0.1, 0.15) is 35.6 Å². The minimum Gasteiger partial charge on any atom is -0.508 e. The lowest BCUT2D eigenvalue weighted by molar-refractivity contribution is 0.00540. The highest BCUT2D eigenvalue weighted by molar-refractivity contribution is 6.03. The molecular weight excluding hydrogens is 600 g/mol. The molecule has 4 fully saturated rings. The Morgan fingerprint density at radius 1 is 1.00 bits per heavy atom. The molecule has 248 valence electrons. The summed E-state index contributed by atoms with van der Waals surface area (Å²) in [5.74, 6) is -1.10. The van der Waals surface area contributed by atoms with Crippen LogP contribution in [0.3, 0.4) is 0 Å². The van der Waals surface area contributed by atoms with Crippen molar-refractivity contribution in [3.63, 3.8) is 0 Å². The number of piperazine rings is 1. The fourth-order valence-corrected chi connectivity index (χ4v) is 8.78. The number of methoxy groups -OCH3 is 1. The molecule has 8 rings (SSSR count). The first-order valence-electron chi connectivity index (χ1n) is 17.3. The molecule has 10 heteroatoms. The van der Waals surface area contributed by atoms with Crippen LogP contribution in [-0.2, 0) is 11.2 Å². The van der Waals surface area contributed by atoms with Gasteiger partial charge in [-0.25, -0.2) is 8.78 Å². The van der Waals surface area contributed by atoms with Crippen molar-refractivity contribution in [2.75, 3.05) is 38.3 Å². The van der Waals surface area contributed by atoms with E-state index in [-0.39, 0.29) is 35.6 Å². The van der Waals surface area contributed by atoms with Crippen LogP contribution in [0.1, 0.15) is 57.4 Å². The SMILES string of the molecule is CCc1cccc2cc(O)cc(-c3c(F)cc4c(N5CC6CCC(C5)N6)nc(OC[C@@H](CN5C6CCCC5CC6)OC)nc4c3F)c12. The molecule has 4 unspecified atom stereocenters. The standard InChI is InChI=1S/C37H43F2N5O3/c1-3-21-6-4-7-22-14-27(45)15-29(32(21)22)33-31(38)16-30-35(34(33)39)41-37(42-36(30)43-17-23-10-11-24(18-43)40-23)47-20-28(46-2)19-44-25-8-5-9-26(44)13-12-25/h4,6-7,14-16,23-26,28,40,45H,3,5,8-13,17-20H2,1-2H3/t23?,24?,25?,26?,28-/m1/s1. The van der Waals surface area contributed by atoms with E-state index < -0.39 is 11.6 Å². The molecule has 5 atom stereocenters. The average Bonchev–Trinajstić information content (AvgIpc) is 3.51. The van der Waals surface area contributed by atoms with E-state index in [4.69, 9.17) is 14.5 Å². The van der Waals surface area contributed by atoms with Crippen molar-refractivity contribution >= 4 is 27.5 Å². The molecule has 0 saturated carbocycles. The van der Waals surface area contributed by atoms with Crippen molar-refractivity contribution < 1.29 is 23.4 Å². The lowest BCUT2D eigenvalue weighted by Gasteiger charge is -2.36. The van der Waals surface area contributed by atoms with Gasteiger partial charge in [0.05, 0.1) is 5.56 Å². The fraction of sp³-hybridized carbons (Fsp3) is 0.514. The van der Waals surface area contributed by atoms with E-state index in [1.807, 2.05) is 25.1 Å². The number of fused-ring (bicyclic) bond motifs is 6. The zero-order valence-electron chi connectivity index (χ0n) is 27.1. The van der Waals surface area contributed by atoms with E-state index in [1.165, 1.54) is 44.2 Å². The first-order valence-corrected chi connectivity index (χ1v) is 17.3. The zero-order valence-corrected chi connectivity index (χ0v) is 27.1. The lowest BCUT2D eigenvalue weighted by Crippen LogP contribution is -2.51. The number of benzene rings is 3. The van der Waals surface area contributed by atoms with E-state index in [0.717, 1.165) is 30.3 Å². The first kappa shape index (κ1) is 30.7. The second-order valence-corrected chi connectivity index (χ2v) is 13.9. The number of hydrogen-bond donors (Lipinski definition) is 2. The van der Waals surface area contributed by atoms with Gasteiger partial charge in [-0.1, -0.05) is 31.5 Å². The maximum Gasteiger partial charge on any atom is 0.319 e. The van der Waals surface area contributed by atoms with Gasteiger partial charge in [-0.05, 0) is 85.0 Å². The van der Waals surface area contributed by atoms with E-state index in [1.54, 1.807) is 13.2 Å². The number of phenols is 1. The normalized spacial score (nSPS) is 24.8. The Morgan fingerprint density at radius 2 is 1.77 bits per heavy atom. The summed E-state index contributed by atoms with van der Waals surface area (Å²) in [6, 6.07) is 11.9. The Kier molecular flexibility index (Phi) is 8.14. The maximum atomic E-state index is 16.9. The molecule has 2 N–H and O–H groups in total. The Hall–Kier alpha value is -3.60. The molecule has 4 saturated heterocycles. The molecule has 5 heterocycles. The molecule has 4 aliphatic rings. The summed E-state index contributed by atoms with van der Waals surface area (Å²) in [5.41, 5.74) is 1.02. The number of anilines is 1. The highest BCUT2D eigenvalue weighted by Crippen LogP contribution is 2.42.